The summed E-state index contributed by atoms with van der Waals surface area (Å²) < 4.78 is 43.7. The van der Waals surface area contributed by atoms with Crippen LogP contribution in [0.1, 0.15) is 31.9 Å². The van der Waals surface area contributed by atoms with Gasteiger partial charge in [-0.05, 0) is 32.6 Å². The average molecular weight is 361 g/mol. The van der Waals surface area contributed by atoms with Crippen LogP contribution in [0.15, 0.2) is 18.5 Å². The SMILES string of the molecule is Cc1nc2ncnn2c(N[C@H](C)C2CCC2)c1-c1c(F)cc(F)cc1F. The molecule has 1 aliphatic rings. The lowest BCUT2D eigenvalue weighted by atomic mass is 9.80. The van der Waals surface area contributed by atoms with Gasteiger partial charge in [0.1, 0.15) is 29.6 Å². The molecule has 2 aromatic heterocycles. The summed E-state index contributed by atoms with van der Waals surface area (Å²) in [6.07, 6.45) is 4.72. The van der Waals surface area contributed by atoms with E-state index in [1.165, 1.54) is 17.3 Å². The maximum absolute atomic E-state index is 14.5. The molecular formula is C18H18F3N5. The summed E-state index contributed by atoms with van der Waals surface area (Å²) in [5, 5.41) is 7.48. The topological polar surface area (TPSA) is 55.1 Å². The Morgan fingerprint density at radius 1 is 1.15 bits per heavy atom. The minimum Gasteiger partial charge on any atom is -0.367 e. The number of rotatable bonds is 4. The fourth-order valence-electron chi connectivity index (χ4n) is 3.44. The molecule has 0 bridgehead atoms. The number of nitrogens with zero attached hydrogens (tertiary/aromatic N) is 4. The summed E-state index contributed by atoms with van der Waals surface area (Å²) in [7, 11) is 0. The average Bonchev–Trinajstić information content (AvgIpc) is 2.95. The van der Waals surface area contributed by atoms with E-state index in [9.17, 15) is 13.2 Å². The van der Waals surface area contributed by atoms with Crippen molar-refractivity contribution in [3.63, 3.8) is 0 Å². The molecule has 5 nitrogen and oxygen atoms in total. The number of anilines is 1. The number of hydrogen-bond donors (Lipinski definition) is 1. The molecule has 2 heterocycles. The summed E-state index contributed by atoms with van der Waals surface area (Å²) in [6.45, 7) is 3.68. The third-order valence-electron chi connectivity index (χ3n) is 5.09. The molecule has 4 rings (SSSR count). The van der Waals surface area contributed by atoms with Gasteiger partial charge in [0.2, 0.25) is 0 Å². The second kappa shape index (κ2) is 6.26. The Hall–Kier alpha value is -2.64. The Labute approximate surface area is 148 Å². The number of nitrogens with one attached hydrogen (secondary N) is 1. The van der Waals surface area contributed by atoms with Crippen LogP contribution in [0.4, 0.5) is 19.0 Å². The number of hydrogen-bond acceptors (Lipinski definition) is 4. The molecule has 8 heteroatoms. The van der Waals surface area contributed by atoms with Gasteiger partial charge < -0.3 is 5.32 Å². The normalized spacial score (nSPS) is 15.9. The summed E-state index contributed by atoms with van der Waals surface area (Å²) in [5.41, 5.74) is 0.291. The minimum atomic E-state index is -0.980. The first kappa shape index (κ1) is 16.8. The Kier molecular flexibility index (Phi) is 4.05. The maximum Gasteiger partial charge on any atom is 0.254 e. The van der Waals surface area contributed by atoms with E-state index in [0.717, 1.165) is 12.8 Å². The standard InChI is InChI=1S/C18H18F3N5/c1-9(11-4-3-5-11)24-17-15(10(2)25-18-22-8-23-26(17)18)16-13(20)6-12(19)7-14(16)21/h6-9,11,24H,3-5H2,1-2H3/t9-/m1/s1. The van der Waals surface area contributed by atoms with Crippen LogP contribution in [0, 0.1) is 30.3 Å². The fraction of sp³-hybridized carbons (Fsp3) is 0.389. The third kappa shape index (κ3) is 2.69. The summed E-state index contributed by atoms with van der Waals surface area (Å²) in [6, 6.07) is 1.42. The zero-order valence-corrected chi connectivity index (χ0v) is 14.4. The van der Waals surface area contributed by atoms with E-state index in [1.807, 2.05) is 6.92 Å². The van der Waals surface area contributed by atoms with Crippen molar-refractivity contribution in [3.8, 4) is 11.1 Å². The molecule has 1 fully saturated rings. The molecule has 0 spiro atoms. The van der Waals surface area contributed by atoms with Gasteiger partial charge in [-0.15, -0.1) is 0 Å². The van der Waals surface area contributed by atoms with Crippen LogP contribution in [0.3, 0.4) is 0 Å². The highest BCUT2D eigenvalue weighted by atomic mass is 19.1. The van der Waals surface area contributed by atoms with Gasteiger partial charge in [0, 0.05) is 18.2 Å². The lowest BCUT2D eigenvalue weighted by Crippen LogP contribution is -2.32. The lowest BCUT2D eigenvalue weighted by Gasteiger charge is -2.33. The first-order valence-corrected chi connectivity index (χ1v) is 8.57. The van der Waals surface area contributed by atoms with Gasteiger partial charge in [-0.3, -0.25) is 0 Å². The Morgan fingerprint density at radius 3 is 2.46 bits per heavy atom. The quantitative estimate of drug-likeness (QED) is 0.760. The largest absolute Gasteiger partial charge is 0.367 e. The smallest absolute Gasteiger partial charge is 0.254 e. The van der Waals surface area contributed by atoms with Crippen LogP contribution >= 0.6 is 0 Å². The van der Waals surface area contributed by atoms with Crippen molar-refractivity contribution in [2.75, 3.05) is 5.32 Å². The van der Waals surface area contributed by atoms with E-state index in [0.29, 0.717) is 35.3 Å². The monoisotopic (exact) mass is 361 g/mol. The van der Waals surface area contributed by atoms with E-state index in [-0.39, 0.29) is 17.2 Å². The molecule has 0 amide bonds. The van der Waals surface area contributed by atoms with Crippen molar-refractivity contribution >= 4 is 11.6 Å². The molecule has 0 radical (unpaired) electrons. The van der Waals surface area contributed by atoms with Gasteiger partial charge in [-0.1, -0.05) is 6.42 Å². The number of aryl methyl sites for hydroxylation is 1. The number of aromatic nitrogens is 4. The van der Waals surface area contributed by atoms with Crippen molar-refractivity contribution in [1.29, 1.82) is 0 Å². The Morgan fingerprint density at radius 2 is 1.85 bits per heavy atom. The highest BCUT2D eigenvalue weighted by molar-refractivity contribution is 5.79. The fourth-order valence-corrected chi connectivity index (χ4v) is 3.44. The first-order valence-electron chi connectivity index (χ1n) is 8.57. The molecule has 1 atom stereocenters. The zero-order valence-electron chi connectivity index (χ0n) is 14.4. The van der Waals surface area contributed by atoms with Crippen molar-refractivity contribution in [3.05, 3.63) is 41.6 Å². The highest BCUT2D eigenvalue weighted by Gasteiger charge is 2.28. The van der Waals surface area contributed by atoms with E-state index in [1.54, 1.807) is 6.92 Å². The molecule has 1 saturated carbocycles. The number of fused-ring (bicyclic) bond motifs is 1. The molecule has 0 unspecified atom stereocenters. The summed E-state index contributed by atoms with van der Waals surface area (Å²) in [4.78, 5) is 8.36. The van der Waals surface area contributed by atoms with Gasteiger partial charge in [-0.2, -0.15) is 14.6 Å². The Bertz CT molecular complexity index is 957. The molecule has 0 saturated heterocycles. The van der Waals surface area contributed by atoms with Crippen LogP contribution in [-0.4, -0.2) is 25.6 Å². The van der Waals surface area contributed by atoms with Crippen LogP contribution in [0.5, 0.6) is 0 Å². The number of halogens is 3. The van der Waals surface area contributed by atoms with Gasteiger partial charge in [0.25, 0.3) is 5.78 Å². The molecule has 136 valence electrons. The molecule has 1 N–H and O–H groups in total. The molecule has 0 aliphatic heterocycles. The minimum absolute atomic E-state index is 0.0864. The van der Waals surface area contributed by atoms with E-state index < -0.39 is 17.5 Å². The van der Waals surface area contributed by atoms with Gasteiger partial charge >= 0.3 is 0 Å². The highest BCUT2D eigenvalue weighted by Crippen LogP contribution is 2.37. The second-order valence-electron chi connectivity index (χ2n) is 6.76. The van der Waals surface area contributed by atoms with Crippen LogP contribution in [0.25, 0.3) is 16.9 Å². The predicted molar refractivity (Wildman–Crippen MR) is 91.3 cm³/mol. The third-order valence-corrected chi connectivity index (χ3v) is 5.09. The molecule has 1 aliphatic carbocycles. The first-order chi connectivity index (χ1) is 12.5. The van der Waals surface area contributed by atoms with Gasteiger partial charge in [0.15, 0.2) is 0 Å². The number of benzene rings is 1. The van der Waals surface area contributed by atoms with Gasteiger partial charge in [-0.25, -0.2) is 18.2 Å². The van der Waals surface area contributed by atoms with Crippen LogP contribution < -0.4 is 5.32 Å². The summed E-state index contributed by atoms with van der Waals surface area (Å²) >= 11 is 0. The molecule has 3 aromatic rings. The van der Waals surface area contributed by atoms with E-state index in [4.69, 9.17) is 0 Å². The van der Waals surface area contributed by atoms with Crippen LogP contribution in [-0.2, 0) is 0 Å². The van der Waals surface area contributed by atoms with E-state index >= 15 is 0 Å². The summed E-state index contributed by atoms with van der Waals surface area (Å²) in [5.74, 6) is -1.70. The molecular weight excluding hydrogens is 343 g/mol. The Balaban J connectivity index is 1.93. The van der Waals surface area contributed by atoms with Crippen molar-refractivity contribution in [1.82, 2.24) is 19.6 Å². The van der Waals surface area contributed by atoms with Crippen LogP contribution in [0.2, 0.25) is 0 Å². The van der Waals surface area contributed by atoms with Crippen molar-refractivity contribution < 1.29 is 13.2 Å². The molecule has 26 heavy (non-hydrogen) atoms. The second-order valence-corrected chi connectivity index (χ2v) is 6.76. The molecule has 1 aromatic carbocycles. The van der Waals surface area contributed by atoms with E-state index in [2.05, 4.69) is 20.4 Å². The van der Waals surface area contributed by atoms with Crippen molar-refractivity contribution in [2.45, 2.75) is 39.2 Å². The van der Waals surface area contributed by atoms with Gasteiger partial charge in [0.05, 0.1) is 16.8 Å². The lowest BCUT2D eigenvalue weighted by molar-refractivity contribution is 0.284. The van der Waals surface area contributed by atoms with Crippen molar-refractivity contribution in [2.24, 2.45) is 5.92 Å². The zero-order chi connectivity index (χ0) is 18.4. The maximum atomic E-state index is 14.5. The predicted octanol–water partition coefficient (Wildman–Crippen LogP) is 4.12.